The van der Waals surface area contributed by atoms with Gasteiger partial charge in [0, 0.05) is 22.8 Å². The van der Waals surface area contributed by atoms with Crippen LogP contribution < -0.4 is 10.5 Å². The number of fused-ring (bicyclic) bond motifs is 1. The number of aromatic nitrogens is 3. The zero-order valence-corrected chi connectivity index (χ0v) is 17.8. The van der Waals surface area contributed by atoms with Crippen LogP contribution in [0.4, 0.5) is 5.82 Å². The largest absolute Gasteiger partial charge is 0.391 e. The first-order valence-electron chi connectivity index (χ1n) is 9.42. The number of aryl methyl sites for hydroxylation is 1. The Balaban J connectivity index is 1.56. The van der Waals surface area contributed by atoms with E-state index in [0.29, 0.717) is 29.3 Å². The van der Waals surface area contributed by atoms with Crippen molar-refractivity contribution in [1.82, 2.24) is 14.6 Å². The molecular weight excluding hydrogens is 430 g/mol. The third-order valence-electron chi connectivity index (χ3n) is 5.26. The summed E-state index contributed by atoms with van der Waals surface area (Å²) in [5.74, 6) is 0.540. The molecule has 30 heavy (non-hydrogen) atoms. The normalized spacial score (nSPS) is 21.9. The van der Waals surface area contributed by atoms with Crippen molar-refractivity contribution in [3.05, 3.63) is 47.1 Å². The Morgan fingerprint density at radius 3 is 2.90 bits per heavy atom. The lowest BCUT2D eigenvalue weighted by atomic mass is 10.1. The summed E-state index contributed by atoms with van der Waals surface area (Å²) in [6.45, 7) is 1.93. The molecule has 1 aliphatic carbocycles. The molecule has 0 saturated heterocycles. The molecule has 1 saturated carbocycles. The minimum absolute atomic E-state index is 0.0558. The van der Waals surface area contributed by atoms with Gasteiger partial charge in [-0.1, -0.05) is 17.7 Å². The molecular formula is C19H22ClN5O4S. The SMILES string of the molecule is Cc1ccc(Cl)cc1-c1cc2nccc(N[C@@H]3C[C@H](COS(N)(=O)=O)C[C@H]3O)n2n1. The Labute approximate surface area is 179 Å². The van der Waals surface area contributed by atoms with Crippen molar-refractivity contribution in [1.29, 1.82) is 0 Å². The van der Waals surface area contributed by atoms with E-state index in [-0.39, 0.29) is 18.6 Å². The number of anilines is 1. The average molecular weight is 452 g/mol. The topological polar surface area (TPSA) is 132 Å². The number of nitrogens with zero attached hydrogens (tertiary/aromatic N) is 3. The first-order chi connectivity index (χ1) is 14.2. The van der Waals surface area contributed by atoms with Crippen LogP contribution in [0.25, 0.3) is 16.9 Å². The Bertz CT molecular complexity index is 1180. The molecule has 1 fully saturated rings. The van der Waals surface area contributed by atoms with Gasteiger partial charge in [0.2, 0.25) is 0 Å². The summed E-state index contributed by atoms with van der Waals surface area (Å²) in [6, 6.07) is 8.99. The molecule has 3 atom stereocenters. The Morgan fingerprint density at radius 2 is 2.13 bits per heavy atom. The predicted molar refractivity (Wildman–Crippen MR) is 113 cm³/mol. The molecule has 3 aromatic rings. The van der Waals surface area contributed by atoms with Crippen LogP contribution in [-0.2, 0) is 14.5 Å². The number of hydrogen-bond acceptors (Lipinski definition) is 7. The molecule has 4 N–H and O–H groups in total. The molecule has 0 spiro atoms. The third kappa shape index (κ3) is 4.57. The maximum atomic E-state index is 11.0. The number of nitrogens with one attached hydrogen (secondary N) is 1. The van der Waals surface area contributed by atoms with Gasteiger partial charge in [-0.3, -0.25) is 4.18 Å². The summed E-state index contributed by atoms with van der Waals surface area (Å²) in [5, 5.41) is 23.9. The first kappa shape index (κ1) is 21.0. The monoisotopic (exact) mass is 451 g/mol. The molecule has 1 aromatic carbocycles. The second-order valence-corrected chi connectivity index (χ2v) is 9.18. The number of rotatable bonds is 6. The first-order valence-corrected chi connectivity index (χ1v) is 11.3. The van der Waals surface area contributed by atoms with E-state index >= 15 is 0 Å². The van der Waals surface area contributed by atoms with Crippen molar-refractivity contribution >= 4 is 33.4 Å². The number of aliphatic hydroxyl groups excluding tert-OH is 1. The van der Waals surface area contributed by atoms with E-state index in [2.05, 4.69) is 19.6 Å². The summed E-state index contributed by atoms with van der Waals surface area (Å²) in [4.78, 5) is 4.37. The molecule has 0 unspecified atom stereocenters. The van der Waals surface area contributed by atoms with Crippen LogP contribution in [0.2, 0.25) is 5.02 Å². The molecule has 2 aromatic heterocycles. The molecule has 160 valence electrons. The number of benzene rings is 1. The number of halogens is 1. The smallest absolute Gasteiger partial charge is 0.333 e. The lowest BCUT2D eigenvalue weighted by Crippen LogP contribution is -2.29. The molecule has 4 rings (SSSR count). The summed E-state index contributed by atoms with van der Waals surface area (Å²) in [7, 11) is -4.00. The van der Waals surface area contributed by atoms with Crippen LogP contribution in [0.15, 0.2) is 36.5 Å². The predicted octanol–water partition coefficient (Wildman–Crippen LogP) is 2.13. The Hall–Kier alpha value is -2.24. The van der Waals surface area contributed by atoms with E-state index in [9.17, 15) is 13.5 Å². The maximum absolute atomic E-state index is 11.0. The fraction of sp³-hybridized carbons (Fsp3) is 0.368. The van der Waals surface area contributed by atoms with E-state index < -0.39 is 16.4 Å². The van der Waals surface area contributed by atoms with Gasteiger partial charge in [0.1, 0.15) is 5.82 Å². The van der Waals surface area contributed by atoms with Gasteiger partial charge in [-0.05, 0) is 49.4 Å². The third-order valence-corrected chi connectivity index (χ3v) is 5.96. The zero-order valence-electron chi connectivity index (χ0n) is 16.2. The van der Waals surface area contributed by atoms with E-state index in [4.69, 9.17) is 16.7 Å². The van der Waals surface area contributed by atoms with Crippen molar-refractivity contribution in [2.75, 3.05) is 11.9 Å². The zero-order chi connectivity index (χ0) is 21.5. The highest BCUT2D eigenvalue weighted by atomic mass is 35.5. The summed E-state index contributed by atoms with van der Waals surface area (Å²) >= 11 is 6.15. The van der Waals surface area contributed by atoms with Gasteiger partial charge in [-0.2, -0.15) is 18.0 Å². The van der Waals surface area contributed by atoms with Gasteiger partial charge in [0.15, 0.2) is 5.65 Å². The minimum Gasteiger partial charge on any atom is -0.391 e. The summed E-state index contributed by atoms with van der Waals surface area (Å²) in [6.07, 6.45) is 1.94. The summed E-state index contributed by atoms with van der Waals surface area (Å²) in [5.41, 5.74) is 3.35. The standard InChI is InChI=1S/C19H22ClN5O4S/c1-11-2-3-13(20)8-14(11)15-9-19-22-5-4-18(25(19)24-15)23-16-6-12(7-17(16)26)10-29-30(21,27)28/h2-5,8-9,12,16-17,23,26H,6-7,10H2,1H3,(H2,21,27,28)/t12-,16+,17+/m0/s1. The molecule has 1 aliphatic rings. The van der Waals surface area contributed by atoms with Crippen molar-refractivity contribution in [3.8, 4) is 11.3 Å². The van der Waals surface area contributed by atoms with Gasteiger partial charge >= 0.3 is 10.3 Å². The van der Waals surface area contributed by atoms with Gasteiger partial charge in [-0.25, -0.2) is 10.1 Å². The molecule has 2 heterocycles. The number of aliphatic hydroxyl groups is 1. The quantitative estimate of drug-likeness (QED) is 0.523. The van der Waals surface area contributed by atoms with Crippen LogP contribution in [0, 0.1) is 12.8 Å². The second-order valence-electron chi connectivity index (χ2n) is 7.52. The maximum Gasteiger partial charge on any atom is 0.333 e. The molecule has 0 aliphatic heterocycles. The van der Waals surface area contributed by atoms with Gasteiger partial charge in [-0.15, -0.1) is 0 Å². The van der Waals surface area contributed by atoms with Crippen LogP contribution in [-0.4, -0.2) is 46.9 Å². The fourth-order valence-electron chi connectivity index (χ4n) is 3.80. The van der Waals surface area contributed by atoms with E-state index in [1.54, 1.807) is 16.8 Å². The van der Waals surface area contributed by atoms with Crippen LogP contribution in [0.5, 0.6) is 0 Å². The highest BCUT2D eigenvalue weighted by Gasteiger charge is 2.34. The second kappa shape index (κ2) is 8.12. The van der Waals surface area contributed by atoms with E-state index in [0.717, 1.165) is 16.8 Å². The van der Waals surface area contributed by atoms with E-state index in [1.165, 1.54) is 0 Å². The molecule has 9 nitrogen and oxygen atoms in total. The number of hydrogen-bond donors (Lipinski definition) is 3. The number of nitrogens with two attached hydrogens (primary N) is 1. The van der Waals surface area contributed by atoms with Gasteiger partial charge < -0.3 is 10.4 Å². The van der Waals surface area contributed by atoms with Crippen molar-refractivity contribution in [2.24, 2.45) is 11.1 Å². The van der Waals surface area contributed by atoms with E-state index in [1.807, 2.05) is 31.2 Å². The summed E-state index contributed by atoms with van der Waals surface area (Å²) < 4.78 is 28.4. The molecule has 0 bridgehead atoms. The fourth-order valence-corrected chi connectivity index (χ4v) is 4.35. The lowest BCUT2D eigenvalue weighted by Gasteiger charge is -2.18. The lowest BCUT2D eigenvalue weighted by molar-refractivity contribution is 0.160. The molecule has 0 amide bonds. The Morgan fingerprint density at radius 1 is 1.33 bits per heavy atom. The highest BCUT2D eigenvalue weighted by molar-refractivity contribution is 7.84. The minimum atomic E-state index is -4.00. The van der Waals surface area contributed by atoms with Crippen LogP contribution in [0.1, 0.15) is 18.4 Å². The Kier molecular flexibility index (Phi) is 5.69. The van der Waals surface area contributed by atoms with Crippen molar-refractivity contribution < 1.29 is 17.7 Å². The molecule has 0 radical (unpaired) electrons. The van der Waals surface area contributed by atoms with Crippen LogP contribution in [0.3, 0.4) is 0 Å². The van der Waals surface area contributed by atoms with Crippen molar-refractivity contribution in [3.63, 3.8) is 0 Å². The van der Waals surface area contributed by atoms with Crippen molar-refractivity contribution in [2.45, 2.75) is 31.9 Å². The van der Waals surface area contributed by atoms with Crippen LogP contribution >= 0.6 is 11.6 Å². The molecule has 11 heteroatoms. The van der Waals surface area contributed by atoms with Gasteiger partial charge in [0.25, 0.3) is 0 Å². The highest BCUT2D eigenvalue weighted by Crippen LogP contribution is 2.30. The average Bonchev–Trinajstić information content (AvgIpc) is 3.26. The van der Waals surface area contributed by atoms with Gasteiger partial charge in [0.05, 0.1) is 24.4 Å².